The minimum atomic E-state index is -0.775. The van der Waals surface area contributed by atoms with Crippen LogP contribution in [0.25, 0.3) is 0 Å². The summed E-state index contributed by atoms with van der Waals surface area (Å²) in [5.41, 5.74) is 1.14. The van der Waals surface area contributed by atoms with Crippen molar-refractivity contribution in [3.63, 3.8) is 0 Å². The first-order chi connectivity index (χ1) is 8.08. The molecule has 3 atom stereocenters. The maximum Gasteiger partial charge on any atom is 0.320 e. The molecule has 1 aliphatic rings. The van der Waals surface area contributed by atoms with Crippen LogP contribution in [0.2, 0.25) is 0 Å². The van der Waals surface area contributed by atoms with Crippen LogP contribution >= 0.6 is 11.3 Å². The fourth-order valence-corrected chi connectivity index (χ4v) is 2.80. The fraction of sp³-hybridized carbons (Fsp3) is 0.583. The lowest BCUT2D eigenvalue weighted by molar-refractivity contribution is -0.148. The number of ether oxygens (including phenoxy) is 1. The van der Waals surface area contributed by atoms with Crippen LogP contribution in [0.5, 0.6) is 0 Å². The second-order valence-corrected chi connectivity index (χ2v) is 5.24. The van der Waals surface area contributed by atoms with Crippen LogP contribution in [0.1, 0.15) is 25.5 Å². The quantitative estimate of drug-likeness (QED) is 0.897. The van der Waals surface area contributed by atoms with E-state index in [1.54, 1.807) is 18.3 Å². The lowest BCUT2D eigenvalue weighted by Crippen LogP contribution is -2.49. The molecule has 0 amide bonds. The lowest BCUT2D eigenvalue weighted by atomic mass is 10.1. The van der Waals surface area contributed by atoms with E-state index in [0.29, 0.717) is 13.1 Å². The molecule has 1 saturated heterocycles. The monoisotopic (exact) mass is 255 g/mol. The normalized spacial score (nSPS) is 27.9. The highest BCUT2D eigenvalue weighted by Crippen LogP contribution is 2.27. The van der Waals surface area contributed by atoms with E-state index in [-0.39, 0.29) is 12.2 Å². The summed E-state index contributed by atoms with van der Waals surface area (Å²) >= 11 is 1.64. The van der Waals surface area contributed by atoms with Gasteiger partial charge in [0, 0.05) is 13.1 Å². The number of hydrogen-bond donors (Lipinski definition) is 1. The van der Waals surface area contributed by atoms with Gasteiger partial charge in [-0.05, 0) is 36.2 Å². The molecule has 17 heavy (non-hydrogen) atoms. The highest BCUT2D eigenvalue weighted by atomic mass is 32.1. The Labute approximate surface area is 105 Å². The van der Waals surface area contributed by atoms with E-state index >= 15 is 0 Å². The number of aliphatic carboxylic acids is 1. The third-order valence-corrected chi connectivity index (χ3v) is 3.81. The van der Waals surface area contributed by atoms with Gasteiger partial charge >= 0.3 is 5.97 Å². The summed E-state index contributed by atoms with van der Waals surface area (Å²) in [5.74, 6) is -0.775. The largest absolute Gasteiger partial charge is 0.480 e. The molecule has 0 radical (unpaired) electrons. The average Bonchev–Trinajstić information content (AvgIpc) is 2.80. The fourth-order valence-electron chi connectivity index (χ4n) is 2.10. The smallest absolute Gasteiger partial charge is 0.320 e. The van der Waals surface area contributed by atoms with E-state index in [0.717, 1.165) is 5.56 Å². The lowest BCUT2D eigenvalue weighted by Gasteiger charge is -2.38. The Balaban J connectivity index is 2.09. The molecule has 5 heteroatoms. The van der Waals surface area contributed by atoms with E-state index in [2.05, 4.69) is 5.38 Å². The van der Waals surface area contributed by atoms with Gasteiger partial charge in [-0.15, -0.1) is 0 Å². The van der Waals surface area contributed by atoms with Crippen molar-refractivity contribution in [2.75, 3.05) is 13.1 Å². The molecule has 0 spiro atoms. The van der Waals surface area contributed by atoms with E-state index in [4.69, 9.17) is 9.84 Å². The standard InChI is InChI=1S/C12H17NO3S/c1-8-5-13(9(2)12(14)15)6-11(16-8)10-3-4-17-7-10/h3-4,7-9,11H,5-6H2,1-2H3,(H,14,15). The summed E-state index contributed by atoms with van der Waals surface area (Å²) in [7, 11) is 0. The first-order valence-corrected chi connectivity index (χ1v) is 6.66. The Kier molecular flexibility index (Phi) is 3.81. The molecule has 0 bridgehead atoms. The molecule has 2 rings (SSSR count). The van der Waals surface area contributed by atoms with Crippen LogP contribution in [-0.4, -0.2) is 41.2 Å². The number of nitrogens with zero attached hydrogens (tertiary/aromatic N) is 1. The molecular weight excluding hydrogens is 238 g/mol. The van der Waals surface area contributed by atoms with Gasteiger partial charge in [0.05, 0.1) is 12.2 Å². The number of carbonyl (C=O) groups is 1. The third-order valence-electron chi connectivity index (χ3n) is 3.11. The molecule has 2 heterocycles. The Morgan fingerprint density at radius 1 is 1.65 bits per heavy atom. The zero-order valence-electron chi connectivity index (χ0n) is 10.00. The third kappa shape index (κ3) is 2.86. The Hall–Kier alpha value is -0.910. The van der Waals surface area contributed by atoms with Gasteiger partial charge in [-0.2, -0.15) is 11.3 Å². The van der Waals surface area contributed by atoms with Gasteiger partial charge in [0.25, 0.3) is 0 Å². The molecule has 1 N–H and O–H groups in total. The minimum absolute atomic E-state index is 0.00759. The van der Waals surface area contributed by atoms with Crippen LogP contribution in [0.3, 0.4) is 0 Å². The molecular formula is C12H17NO3S. The molecule has 1 fully saturated rings. The summed E-state index contributed by atoms with van der Waals surface area (Å²) in [6, 6.07) is 1.58. The second-order valence-electron chi connectivity index (χ2n) is 4.46. The van der Waals surface area contributed by atoms with E-state index in [9.17, 15) is 4.79 Å². The Morgan fingerprint density at radius 2 is 2.41 bits per heavy atom. The Morgan fingerprint density at radius 3 is 3.00 bits per heavy atom. The number of thiophene rings is 1. The van der Waals surface area contributed by atoms with E-state index < -0.39 is 12.0 Å². The highest BCUT2D eigenvalue weighted by molar-refractivity contribution is 7.07. The maximum atomic E-state index is 11.0. The summed E-state index contributed by atoms with van der Waals surface area (Å²) < 4.78 is 5.86. The van der Waals surface area contributed by atoms with Crippen molar-refractivity contribution < 1.29 is 14.6 Å². The number of morpholine rings is 1. The molecule has 1 aromatic rings. The van der Waals surface area contributed by atoms with Crippen LogP contribution in [-0.2, 0) is 9.53 Å². The van der Waals surface area contributed by atoms with E-state index in [1.165, 1.54) is 0 Å². The SMILES string of the molecule is CC1CN(C(C)C(=O)O)CC(c2ccsc2)O1. The summed E-state index contributed by atoms with van der Waals surface area (Å²) in [4.78, 5) is 13.0. The number of hydrogen-bond acceptors (Lipinski definition) is 4. The van der Waals surface area contributed by atoms with Gasteiger partial charge in [0.2, 0.25) is 0 Å². The number of rotatable bonds is 3. The molecule has 0 saturated carbocycles. The van der Waals surface area contributed by atoms with Crippen molar-refractivity contribution in [2.24, 2.45) is 0 Å². The van der Waals surface area contributed by atoms with Crippen molar-refractivity contribution in [3.05, 3.63) is 22.4 Å². The molecule has 3 unspecified atom stereocenters. The van der Waals surface area contributed by atoms with Crippen molar-refractivity contribution in [1.29, 1.82) is 0 Å². The van der Waals surface area contributed by atoms with Gasteiger partial charge in [0.15, 0.2) is 0 Å². The van der Waals surface area contributed by atoms with Crippen LogP contribution in [0.15, 0.2) is 16.8 Å². The van der Waals surface area contributed by atoms with E-state index in [1.807, 2.05) is 23.3 Å². The van der Waals surface area contributed by atoms with Gasteiger partial charge in [-0.25, -0.2) is 0 Å². The second kappa shape index (κ2) is 5.16. The zero-order chi connectivity index (χ0) is 12.4. The van der Waals surface area contributed by atoms with Crippen molar-refractivity contribution in [1.82, 2.24) is 4.90 Å². The van der Waals surface area contributed by atoms with Crippen LogP contribution in [0.4, 0.5) is 0 Å². The van der Waals surface area contributed by atoms with Crippen molar-refractivity contribution in [2.45, 2.75) is 32.1 Å². The summed E-state index contributed by atoms with van der Waals surface area (Å²) in [6.45, 7) is 5.04. The van der Waals surface area contributed by atoms with Gasteiger partial charge in [0.1, 0.15) is 6.04 Å². The van der Waals surface area contributed by atoms with Crippen molar-refractivity contribution in [3.8, 4) is 0 Å². The molecule has 0 aliphatic carbocycles. The van der Waals surface area contributed by atoms with Crippen LogP contribution < -0.4 is 0 Å². The number of carboxylic acid groups (broad SMARTS) is 1. The highest BCUT2D eigenvalue weighted by Gasteiger charge is 2.31. The predicted molar refractivity (Wildman–Crippen MR) is 66.3 cm³/mol. The molecule has 1 aliphatic heterocycles. The molecule has 1 aromatic heterocycles. The Bertz CT molecular complexity index is 379. The van der Waals surface area contributed by atoms with Gasteiger partial charge in [-0.3, -0.25) is 9.69 Å². The maximum absolute atomic E-state index is 11.0. The van der Waals surface area contributed by atoms with Gasteiger partial charge < -0.3 is 9.84 Å². The molecule has 4 nitrogen and oxygen atoms in total. The topological polar surface area (TPSA) is 49.8 Å². The predicted octanol–water partition coefficient (Wildman–Crippen LogP) is 1.98. The van der Waals surface area contributed by atoms with Gasteiger partial charge in [-0.1, -0.05) is 0 Å². The minimum Gasteiger partial charge on any atom is -0.480 e. The van der Waals surface area contributed by atoms with Crippen molar-refractivity contribution >= 4 is 17.3 Å². The molecule has 94 valence electrons. The molecule has 0 aromatic carbocycles. The summed E-state index contributed by atoms with van der Waals surface area (Å²) in [6.07, 6.45) is 0.0576. The number of carboxylic acids is 1. The van der Waals surface area contributed by atoms with Crippen LogP contribution in [0, 0.1) is 0 Å². The first kappa shape index (κ1) is 12.5. The summed E-state index contributed by atoms with van der Waals surface area (Å²) in [5, 5.41) is 13.1. The average molecular weight is 255 g/mol. The first-order valence-electron chi connectivity index (χ1n) is 5.72. The zero-order valence-corrected chi connectivity index (χ0v) is 10.8.